The zero-order valence-corrected chi connectivity index (χ0v) is 16.0. The quantitative estimate of drug-likeness (QED) is 0.864. The van der Waals surface area contributed by atoms with E-state index in [9.17, 15) is 15.0 Å². The van der Waals surface area contributed by atoms with Crippen LogP contribution < -0.4 is 4.90 Å². The number of aromatic hydroxyl groups is 1. The standard InChI is InChI=1S/C20H24N2O3S/c1-13-4-6-14(7-5-13)19-18(24)20(25)22(11-10-21(2)3)16-9-8-15(23)12-17(16)26-19/h4-9,12,18-19,23-24H,10-11H2,1-3H3/t18-,19+/m0/s1. The predicted molar refractivity (Wildman–Crippen MR) is 105 cm³/mol. The van der Waals surface area contributed by atoms with Crippen LogP contribution in [0.5, 0.6) is 5.75 Å². The number of rotatable bonds is 4. The Morgan fingerprint density at radius 1 is 1.15 bits per heavy atom. The minimum Gasteiger partial charge on any atom is -0.508 e. The van der Waals surface area contributed by atoms with Crippen molar-refractivity contribution < 1.29 is 15.0 Å². The van der Waals surface area contributed by atoms with Crippen molar-refractivity contribution in [3.63, 3.8) is 0 Å². The van der Waals surface area contributed by atoms with Gasteiger partial charge in [-0.3, -0.25) is 4.79 Å². The highest BCUT2D eigenvalue weighted by Crippen LogP contribution is 2.46. The number of hydrogen-bond donors (Lipinski definition) is 2. The van der Waals surface area contributed by atoms with Gasteiger partial charge in [-0.15, -0.1) is 11.8 Å². The van der Waals surface area contributed by atoms with Gasteiger partial charge in [-0.25, -0.2) is 0 Å². The molecule has 0 unspecified atom stereocenters. The van der Waals surface area contributed by atoms with Gasteiger partial charge in [0.15, 0.2) is 0 Å². The molecule has 5 nitrogen and oxygen atoms in total. The van der Waals surface area contributed by atoms with Crippen molar-refractivity contribution in [1.29, 1.82) is 0 Å². The zero-order valence-electron chi connectivity index (χ0n) is 15.2. The molecule has 2 N–H and O–H groups in total. The van der Waals surface area contributed by atoms with Gasteiger partial charge in [-0.2, -0.15) is 0 Å². The topological polar surface area (TPSA) is 64.0 Å². The number of amides is 1. The molecule has 0 saturated heterocycles. The number of likely N-dealkylation sites (N-methyl/N-ethyl adjacent to an activating group) is 1. The predicted octanol–water partition coefficient (Wildman–Crippen LogP) is 2.80. The molecule has 26 heavy (non-hydrogen) atoms. The highest BCUT2D eigenvalue weighted by molar-refractivity contribution is 7.99. The Morgan fingerprint density at radius 3 is 2.50 bits per heavy atom. The van der Waals surface area contributed by atoms with E-state index in [4.69, 9.17) is 0 Å². The number of benzene rings is 2. The van der Waals surface area contributed by atoms with Crippen molar-refractivity contribution in [1.82, 2.24) is 4.90 Å². The second-order valence-electron chi connectivity index (χ2n) is 6.84. The van der Waals surface area contributed by atoms with Gasteiger partial charge in [0.2, 0.25) is 0 Å². The number of thioether (sulfide) groups is 1. The van der Waals surface area contributed by atoms with Crippen LogP contribution in [0.15, 0.2) is 47.4 Å². The van der Waals surface area contributed by atoms with Crippen LogP contribution >= 0.6 is 11.8 Å². The molecule has 6 heteroatoms. The summed E-state index contributed by atoms with van der Waals surface area (Å²) < 4.78 is 0. The van der Waals surface area contributed by atoms with Crippen molar-refractivity contribution in [2.45, 2.75) is 23.2 Å². The maximum Gasteiger partial charge on any atom is 0.257 e. The normalized spacial score (nSPS) is 20.2. The molecule has 1 amide bonds. The fourth-order valence-electron chi connectivity index (χ4n) is 2.97. The van der Waals surface area contributed by atoms with E-state index < -0.39 is 11.4 Å². The first-order valence-electron chi connectivity index (χ1n) is 8.57. The van der Waals surface area contributed by atoms with Crippen LogP contribution in [0, 0.1) is 6.92 Å². The fraction of sp³-hybridized carbons (Fsp3) is 0.350. The Kier molecular flexibility index (Phi) is 5.55. The van der Waals surface area contributed by atoms with Crippen LogP contribution in [0.4, 0.5) is 5.69 Å². The molecule has 0 saturated carbocycles. The Hall–Kier alpha value is -2.02. The van der Waals surface area contributed by atoms with Gasteiger partial charge in [-0.05, 0) is 44.8 Å². The van der Waals surface area contributed by atoms with Crippen LogP contribution in [0.2, 0.25) is 0 Å². The molecule has 1 aliphatic heterocycles. The Morgan fingerprint density at radius 2 is 1.85 bits per heavy atom. The van der Waals surface area contributed by atoms with Gasteiger partial charge in [0, 0.05) is 18.0 Å². The molecule has 138 valence electrons. The number of phenols is 1. The molecule has 1 aliphatic rings. The van der Waals surface area contributed by atoms with Gasteiger partial charge in [0.25, 0.3) is 5.91 Å². The van der Waals surface area contributed by atoms with Gasteiger partial charge >= 0.3 is 0 Å². The highest BCUT2D eigenvalue weighted by Gasteiger charge is 2.37. The summed E-state index contributed by atoms with van der Waals surface area (Å²) in [5.74, 6) is -0.162. The lowest BCUT2D eigenvalue weighted by Crippen LogP contribution is -2.43. The number of carbonyl (C=O) groups excluding carboxylic acids is 1. The smallest absolute Gasteiger partial charge is 0.257 e. The van der Waals surface area contributed by atoms with E-state index in [1.807, 2.05) is 50.2 Å². The number of carbonyl (C=O) groups is 1. The molecule has 2 aromatic carbocycles. The first-order chi connectivity index (χ1) is 12.4. The third-order valence-electron chi connectivity index (χ3n) is 4.47. The maximum absolute atomic E-state index is 13.0. The summed E-state index contributed by atoms with van der Waals surface area (Å²) in [5, 5.41) is 20.3. The maximum atomic E-state index is 13.0. The Balaban J connectivity index is 2.03. The second kappa shape index (κ2) is 7.70. The molecule has 0 aliphatic carbocycles. The van der Waals surface area contributed by atoms with Crippen molar-refractivity contribution >= 4 is 23.4 Å². The summed E-state index contributed by atoms with van der Waals surface area (Å²) in [6.07, 6.45) is -1.15. The van der Waals surface area contributed by atoms with Gasteiger partial charge < -0.3 is 20.0 Å². The molecule has 0 aromatic heterocycles. The van der Waals surface area contributed by atoms with Crippen molar-refractivity contribution in [2.75, 3.05) is 32.1 Å². The Labute approximate surface area is 158 Å². The van der Waals surface area contributed by atoms with Crippen molar-refractivity contribution in [3.8, 4) is 5.75 Å². The molecule has 3 rings (SSSR count). The van der Waals surface area contributed by atoms with Crippen molar-refractivity contribution in [2.24, 2.45) is 0 Å². The van der Waals surface area contributed by atoms with Gasteiger partial charge in [0.05, 0.1) is 10.9 Å². The van der Waals surface area contributed by atoms with E-state index >= 15 is 0 Å². The average molecular weight is 372 g/mol. The summed E-state index contributed by atoms with van der Waals surface area (Å²) in [7, 11) is 3.89. The molecule has 0 bridgehead atoms. The highest BCUT2D eigenvalue weighted by atomic mass is 32.2. The minimum absolute atomic E-state index is 0.148. The zero-order chi connectivity index (χ0) is 18.8. The van der Waals surface area contributed by atoms with E-state index in [0.29, 0.717) is 13.1 Å². The Bertz CT molecular complexity index is 792. The number of nitrogens with zero attached hydrogens (tertiary/aromatic N) is 2. The third kappa shape index (κ3) is 3.87. The van der Waals surface area contributed by atoms with E-state index in [1.165, 1.54) is 11.8 Å². The van der Waals surface area contributed by atoms with Crippen LogP contribution in [-0.2, 0) is 4.79 Å². The number of aryl methyl sites for hydroxylation is 1. The van der Waals surface area contributed by atoms with E-state index in [-0.39, 0.29) is 11.7 Å². The molecular weight excluding hydrogens is 348 g/mol. The molecular formula is C20H24N2O3S. The van der Waals surface area contributed by atoms with Gasteiger partial charge in [0.1, 0.15) is 11.9 Å². The number of aliphatic hydroxyl groups excluding tert-OH is 1. The third-order valence-corrected chi connectivity index (χ3v) is 5.84. The monoisotopic (exact) mass is 372 g/mol. The largest absolute Gasteiger partial charge is 0.508 e. The molecule has 2 aromatic rings. The summed E-state index contributed by atoms with van der Waals surface area (Å²) >= 11 is 1.41. The van der Waals surface area contributed by atoms with E-state index in [2.05, 4.69) is 0 Å². The first kappa shape index (κ1) is 18.8. The molecule has 0 fully saturated rings. The number of hydrogen-bond acceptors (Lipinski definition) is 5. The van der Waals surface area contributed by atoms with Crippen LogP contribution in [0.3, 0.4) is 0 Å². The molecule has 1 heterocycles. The lowest BCUT2D eigenvalue weighted by molar-refractivity contribution is -0.126. The summed E-state index contributed by atoms with van der Waals surface area (Å²) in [4.78, 5) is 17.4. The number of phenolic OH excluding ortho intramolecular Hbond substituents is 1. The second-order valence-corrected chi connectivity index (χ2v) is 8.02. The van der Waals surface area contributed by atoms with Gasteiger partial charge in [-0.1, -0.05) is 29.8 Å². The molecule has 2 atom stereocenters. The van der Waals surface area contributed by atoms with E-state index in [1.54, 1.807) is 23.1 Å². The van der Waals surface area contributed by atoms with Crippen LogP contribution in [0.1, 0.15) is 16.4 Å². The molecule has 0 spiro atoms. The number of anilines is 1. The minimum atomic E-state index is -1.15. The van der Waals surface area contributed by atoms with Crippen LogP contribution in [0.25, 0.3) is 0 Å². The SMILES string of the molecule is Cc1ccc([C@H]2Sc3cc(O)ccc3N(CCN(C)C)C(=O)[C@H]2O)cc1. The van der Waals surface area contributed by atoms with Crippen molar-refractivity contribution in [3.05, 3.63) is 53.6 Å². The number of fused-ring (bicyclic) bond motifs is 1. The summed E-state index contributed by atoms with van der Waals surface area (Å²) in [6, 6.07) is 12.8. The lowest BCUT2D eigenvalue weighted by atomic mass is 10.0. The first-order valence-corrected chi connectivity index (χ1v) is 9.45. The number of aliphatic hydroxyl groups is 1. The van der Waals surface area contributed by atoms with E-state index in [0.717, 1.165) is 21.7 Å². The summed E-state index contributed by atoms with van der Waals surface area (Å²) in [5.41, 5.74) is 2.75. The summed E-state index contributed by atoms with van der Waals surface area (Å²) in [6.45, 7) is 3.16. The van der Waals surface area contributed by atoms with Crippen LogP contribution in [-0.4, -0.2) is 54.3 Å². The lowest BCUT2D eigenvalue weighted by Gasteiger charge is -2.26. The average Bonchev–Trinajstić information content (AvgIpc) is 2.70. The fourth-order valence-corrected chi connectivity index (χ4v) is 4.27. The molecule has 0 radical (unpaired) electrons.